The zero-order valence-corrected chi connectivity index (χ0v) is 20.3. The molecule has 0 aromatic heterocycles. The Hall–Kier alpha value is -3.30. The van der Waals surface area contributed by atoms with E-state index in [4.69, 9.17) is 10.5 Å². The summed E-state index contributed by atoms with van der Waals surface area (Å²) in [5.41, 5.74) is 4.88. The molecule has 0 aliphatic heterocycles. The van der Waals surface area contributed by atoms with E-state index in [1.165, 1.54) is 19.2 Å². The largest absolute Gasteiger partial charge is 0.508 e. The molecule has 1 aliphatic rings. The van der Waals surface area contributed by atoms with Crippen molar-refractivity contribution in [2.24, 2.45) is 5.73 Å². The van der Waals surface area contributed by atoms with Crippen LogP contribution in [0.25, 0.3) is 0 Å². The molecule has 10 nitrogen and oxygen atoms in total. The van der Waals surface area contributed by atoms with Crippen LogP contribution >= 0.6 is 0 Å². The molecule has 0 saturated heterocycles. The van der Waals surface area contributed by atoms with E-state index in [2.05, 4.69) is 10.6 Å². The van der Waals surface area contributed by atoms with Crippen LogP contribution in [-0.2, 0) is 19.1 Å². The van der Waals surface area contributed by atoms with Gasteiger partial charge in [-0.1, -0.05) is 31.4 Å². The van der Waals surface area contributed by atoms with Crippen molar-refractivity contribution in [3.63, 3.8) is 0 Å². The van der Waals surface area contributed by atoms with Crippen molar-refractivity contribution < 1.29 is 29.0 Å². The predicted molar refractivity (Wildman–Crippen MR) is 126 cm³/mol. The number of carbonyl (C=O) groups excluding carboxylic acids is 4. The van der Waals surface area contributed by atoms with E-state index in [1.54, 1.807) is 32.9 Å². The molecule has 2 unspecified atom stereocenters. The van der Waals surface area contributed by atoms with Crippen molar-refractivity contribution in [2.45, 2.75) is 83.0 Å². The summed E-state index contributed by atoms with van der Waals surface area (Å²) in [4.78, 5) is 51.8. The Morgan fingerprint density at radius 2 is 1.82 bits per heavy atom. The van der Waals surface area contributed by atoms with Crippen molar-refractivity contribution in [2.75, 3.05) is 7.05 Å². The number of aromatic hydroxyl groups is 1. The quantitative estimate of drug-likeness (QED) is 0.451. The Labute approximate surface area is 200 Å². The smallest absolute Gasteiger partial charge is 0.408 e. The van der Waals surface area contributed by atoms with E-state index < -0.39 is 47.9 Å². The number of phenols is 1. The van der Waals surface area contributed by atoms with Crippen LogP contribution in [0.2, 0.25) is 0 Å². The van der Waals surface area contributed by atoms with E-state index in [9.17, 15) is 24.3 Å². The first-order chi connectivity index (χ1) is 15.9. The van der Waals surface area contributed by atoms with Gasteiger partial charge in [0.05, 0.1) is 6.42 Å². The zero-order chi connectivity index (χ0) is 25.5. The van der Waals surface area contributed by atoms with Gasteiger partial charge in [0, 0.05) is 13.1 Å². The van der Waals surface area contributed by atoms with E-state index in [1.807, 2.05) is 0 Å². The molecule has 1 saturated carbocycles. The molecule has 188 valence electrons. The van der Waals surface area contributed by atoms with Gasteiger partial charge in [-0.15, -0.1) is 0 Å². The van der Waals surface area contributed by atoms with Gasteiger partial charge in [-0.05, 0) is 51.3 Å². The van der Waals surface area contributed by atoms with Crippen molar-refractivity contribution in [1.82, 2.24) is 15.5 Å². The molecule has 1 aromatic rings. The summed E-state index contributed by atoms with van der Waals surface area (Å²) in [6.07, 6.45) is 3.47. The Kier molecular flexibility index (Phi) is 9.28. The Balaban J connectivity index is 2.30. The topological polar surface area (TPSA) is 151 Å². The molecule has 1 aromatic carbocycles. The molecule has 10 heteroatoms. The molecule has 0 heterocycles. The predicted octanol–water partition coefficient (Wildman–Crippen LogP) is 2.11. The van der Waals surface area contributed by atoms with Gasteiger partial charge in [-0.2, -0.15) is 0 Å². The summed E-state index contributed by atoms with van der Waals surface area (Å²) in [6.45, 7) is 4.99. The number of primary amides is 1. The maximum atomic E-state index is 13.4. The highest BCUT2D eigenvalue weighted by Gasteiger charge is 2.35. The van der Waals surface area contributed by atoms with Crippen LogP contribution in [0.1, 0.15) is 70.9 Å². The number of phenolic OH excluding ortho intramolecular Hbond substituents is 1. The van der Waals surface area contributed by atoms with E-state index in [0.29, 0.717) is 5.56 Å². The zero-order valence-electron chi connectivity index (χ0n) is 20.3. The second-order valence-corrected chi connectivity index (χ2v) is 9.66. The molecule has 2 rings (SSSR count). The number of hydrogen-bond donors (Lipinski definition) is 4. The molecule has 0 bridgehead atoms. The maximum absolute atomic E-state index is 13.4. The minimum Gasteiger partial charge on any atom is -0.508 e. The van der Waals surface area contributed by atoms with Crippen LogP contribution in [0.4, 0.5) is 4.79 Å². The Bertz CT molecular complexity index is 892. The summed E-state index contributed by atoms with van der Waals surface area (Å²) >= 11 is 0. The number of ether oxygens (including phenoxy) is 1. The van der Waals surface area contributed by atoms with E-state index >= 15 is 0 Å². The van der Waals surface area contributed by atoms with Gasteiger partial charge in [0.2, 0.25) is 17.7 Å². The van der Waals surface area contributed by atoms with Gasteiger partial charge in [0.15, 0.2) is 0 Å². The van der Waals surface area contributed by atoms with Gasteiger partial charge >= 0.3 is 6.09 Å². The first-order valence-corrected chi connectivity index (χ1v) is 11.5. The van der Waals surface area contributed by atoms with Gasteiger partial charge in [-0.3, -0.25) is 14.4 Å². The molecule has 1 aliphatic carbocycles. The maximum Gasteiger partial charge on any atom is 0.408 e. The highest BCUT2D eigenvalue weighted by atomic mass is 16.6. The van der Waals surface area contributed by atoms with Crippen molar-refractivity contribution in [3.8, 4) is 5.75 Å². The molecule has 4 amide bonds. The minimum absolute atomic E-state index is 0.00846. The van der Waals surface area contributed by atoms with Crippen LogP contribution in [0, 0.1) is 0 Å². The molecular weight excluding hydrogens is 440 g/mol. The summed E-state index contributed by atoms with van der Waals surface area (Å²) in [7, 11) is 1.41. The lowest BCUT2D eigenvalue weighted by molar-refractivity contribution is -0.142. The number of likely N-dealkylation sites (N-methyl/N-ethyl adjacent to an activating group) is 1. The van der Waals surface area contributed by atoms with Gasteiger partial charge in [0.1, 0.15) is 23.4 Å². The molecule has 34 heavy (non-hydrogen) atoms. The monoisotopic (exact) mass is 476 g/mol. The fourth-order valence-electron chi connectivity index (χ4n) is 4.00. The Morgan fingerprint density at radius 1 is 1.18 bits per heavy atom. The fourth-order valence-corrected chi connectivity index (χ4v) is 4.00. The number of carbonyl (C=O) groups is 4. The normalized spacial score (nSPS) is 16.1. The SMILES string of the molecule is CN(C(=O)C(CC(N)=O)NC(=O)OC(C)(C)C)C(C(=O)NC1CCCCC1)c1cccc(O)c1. The summed E-state index contributed by atoms with van der Waals surface area (Å²) in [6, 6.07) is 3.62. The van der Waals surface area contributed by atoms with Crippen molar-refractivity contribution >= 4 is 23.8 Å². The number of nitrogens with zero attached hydrogens (tertiary/aromatic N) is 1. The average Bonchev–Trinajstić information content (AvgIpc) is 2.72. The number of benzene rings is 1. The van der Waals surface area contributed by atoms with Crippen LogP contribution in [0.15, 0.2) is 24.3 Å². The fraction of sp³-hybridized carbons (Fsp3) is 0.583. The molecule has 0 spiro atoms. The summed E-state index contributed by atoms with van der Waals surface area (Å²) < 4.78 is 5.20. The van der Waals surface area contributed by atoms with Crippen LogP contribution in [0.3, 0.4) is 0 Å². The van der Waals surface area contributed by atoms with Gasteiger partial charge < -0.3 is 31.1 Å². The van der Waals surface area contributed by atoms with Crippen molar-refractivity contribution in [1.29, 1.82) is 0 Å². The summed E-state index contributed by atoms with van der Waals surface area (Å²) in [5.74, 6) is -1.97. The Morgan fingerprint density at radius 3 is 2.38 bits per heavy atom. The highest BCUT2D eigenvalue weighted by molar-refractivity contribution is 5.94. The summed E-state index contributed by atoms with van der Waals surface area (Å²) in [5, 5.41) is 15.4. The lowest BCUT2D eigenvalue weighted by Gasteiger charge is -2.33. The third-order valence-corrected chi connectivity index (χ3v) is 5.52. The van der Waals surface area contributed by atoms with Crippen LogP contribution in [-0.4, -0.2) is 58.6 Å². The lowest BCUT2D eigenvalue weighted by atomic mass is 9.94. The minimum atomic E-state index is -1.33. The highest BCUT2D eigenvalue weighted by Crippen LogP contribution is 2.26. The van der Waals surface area contributed by atoms with Crippen molar-refractivity contribution in [3.05, 3.63) is 29.8 Å². The van der Waals surface area contributed by atoms with Crippen LogP contribution < -0.4 is 16.4 Å². The second-order valence-electron chi connectivity index (χ2n) is 9.66. The number of rotatable bonds is 8. The van der Waals surface area contributed by atoms with Gasteiger partial charge in [0.25, 0.3) is 0 Å². The number of hydrogen-bond acceptors (Lipinski definition) is 6. The average molecular weight is 477 g/mol. The van der Waals surface area contributed by atoms with E-state index in [-0.39, 0.29) is 11.8 Å². The third kappa shape index (κ3) is 8.24. The number of nitrogens with two attached hydrogens (primary N) is 1. The third-order valence-electron chi connectivity index (χ3n) is 5.52. The number of amides is 4. The number of alkyl carbamates (subject to hydrolysis) is 1. The molecular formula is C24H36N4O6. The molecule has 2 atom stereocenters. The van der Waals surface area contributed by atoms with E-state index in [0.717, 1.165) is 37.0 Å². The second kappa shape index (κ2) is 11.7. The van der Waals surface area contributed by atoms with Gasteiger partial charge in [-0.25, -0.2) is 4.79 Å². The number of nitrogens with one attached hydrogen (secondary N) is 2. The van der Waals surface area contributed by atoms with Crippen LogP contribution in [0.5, 0.6) is 5.75 Å². The molecule has 0 radical (unpaired) electrons. The molecule has 5 N–H and O–H groups in total. The molecule has 1 fully saturated rings. The first kappa shape index (κ1) is 26.9. The lowest BCUT2D eigenvalue weighted by Crippen LogP contribution is -2.53. The first-order valence-electron chi connectivity index (χ1n) is 11.5. The standard InChI is InChI=1S/C24H36N4O6/c1-24(2,3)34-23(33)27-18(14-19(25)30)22(32)28(4)20(15-9-8-12-17(29)13-15)21(31)26-16-10-6-5-7-11-16/h8-9,12-13,16,18,20,29H,5-7,10-11,14H2,1-4H3,(H2,25,30)(H,26,31)(H,27,33).